The van der Waals surface area contributed by atoms with Crippen molar-refractivity contribution in [2.45, 2.75) is 0 Å². The summed E-state index contributed by atoms with van der Waals surface area (Å²) < 4.78 is 28.0. The van der Waals surface area contributed by atoms with Gasteiger partial charge in [-0.25, -0.2) is 23.5 Å². The zero-order valence-corrected chi connectivity index (χ0v) is 11.8. The van der Waals surface area contributed by atoms with Crippen molar-refractivity contribution >= 4 is 33.1 Å². The Morgan fingerprint density at radius 2 is 1.90 bits per heavy atom. The van der Waals surface area contributed by atoms with Crippen molar-refractivity contribution in [3.8, 4) is 11.4 Å². The predicted molar refractivity (Wildman–Crippen MR) is 73.9 cm³/mol. The SMILES string of the molecule is O=C(O)c1cnc2nc(-c3c(F)cc(Br)cc3F)[nH]c2c1. The predicted octanol–water partition coefficient (Wildman–Crippen LogP) is 3.36. The molecule has 2 heterocycles. The summed E-state index contributed by atoms with van der Waals surface area (Å²) in [7, 11) is 0. The number of pyridine rings is 1. The summed E-state index contributed by atoms with van der Waals surface area (Å²) in [6.07, 6.45) is 1.13. The lowest BCUT2D eigenvalue weighted by Crippen LogP contribution is -1.96. The summed E-state index contributed by atoms with van der Waals surface area (Å²) >= 11 is 2.99. The van der Waals surface area contributed by atoms with E-state index in [0.29, 0.717) is 0 Å². The average molecular weight is 354 g/mol. The van der Waals surface area contributed by atoms with Gasteiger partial charge in [-0.3, -0.25) is 0 Å². The van der Waals surface area contributed by atoms with Gasteiger partial charge in [-0.2, -0.15) is 0 Å². The van der Waals surface area contributed by atoms with Crippen LogP contribution >= 0.6 is 15.9 Å². The molecule has 21 heavy (non-hydrogen) atoms. The minimum atomic E-state index is -1.15. The molecule has 2 aromatic heterocycles. The number of hydrogen-bond acceptors (Lipinski definition) is 3. The van der Waals surface area contributed by atoms with Gasteiger partial charge in [-0.05, 0) is 18.2 Å². The van der Waals surface area contributed by atoms with Crippen LogP contribution in [0.25, 0.3) is 22.6 Å². The number of aromatic nitrogens is 3. The Bertz CT molecular complexity index is 856. The molecular formula is C13H6BrF2N3O2. The van der Waals surface area contributed by atoms with Crippen molar-refractivity contribution in [2.75, 3.05) is 0 Å². The van der Waals surface area contributed by atoms with Crippen molar-refractivity contribution in [2.24, 2.45) is 0 Å². The van der Waals surface area contributed by atoms with E-state index >= 15 is 0 Å². The molecule has 0 saturated carbocycles. The zero-order valence-electron chi connectivity index (χ0n) is 10.2. The summed E-state index contributed by atoms with van der Waals surface area (Å²) in [6, 6.07) is 3.53. The highest BCUT2D eigenvalue weighted by atomic mass is 79.9. The van der Waals surface area contributed by atoms with Crippen molar-refractivity contribution in [1.29, 1.82) is 0 Å². The maximum Gasteiger partial charge on any atom is 0.337 e. The van der Waals surface area contributed by atoms with Crippen LogP contribution in [0.3, 0.4) is 0 Å². The molecule has 1 aromatic carbocycles. The lowest BCUT2D eigenvalue weighted by atomic mass is 10.2. The van der Waals surface area contributed by atoms with Crippen LogP contribution in [0.5, 0.6) is 0 Å². The molecule has 0 aliphatic heterocycles. The first-order valence-corrected chi connectivity index (χ1v) is 6.49. The Morgan fingerprint density at radius 3 is 2.52 bits per heavy atom. The van der Waals surface area contributed by atoms with Crippen LogP contribution in [0.15, 0.2) is 28.9 Å². The number of fused-ring (bicyclic) bond motifs is 1. The summed E-state index contributed by atoms with van der Waals surface area (Å²) in [6.45, 7) is 0. The first kappa shape index (κ1) is 13.6. The van der Waals surface area contributed by atoms with E-state index in [1.165, 1.54) is 6.07 Å². The second kappa shape index (κ2) is 4.88. The number of hydrogen-bond donors (Lipinski definition) is 2. The third-order valence-electron chi connectivity index (χ3n) is 2.83. The van der Waals surface area contributed by atoms with Gasteiger partial charge in [0.2, 0.25) is 0 Å². The maximum atomic E-state index is 13.9. The number of H-pyrrole nitrogens is 1. The summed E-state index contributed by atoms with van der Waals surface area (Å²) in [5.74, 6) is -2.79. The van der Waals surface area contributed by atoms with Crippen LogP contribution in [0.1, 0.15) is 10.4 Å². The molecule has 0 aliphatic rings. The van der Waals surface area contributed by atoms with Crippen LogP contribution in [0.2, 0.25) is 0 Å². The smallest absolute Gasteiger partial charge is 0.337 e. The van der Waals surface area contributed by atoms with Crippen LogP contribution < -0.4 is 0 Å². The second-order valence-electron chi connectivity index (χ2n) is 4.23. The minimum absolute atomic E-state index is 0.0468. The molecule has 8 heteroatoms. The summed E-state index contributed by atoms with van der Waals surface area (Å²) in [5.41, 5.74) is 0.0888. The molecule has 3 aromatic rings. The number of nitrogens with one attached hydrogen (secondary N) is 1. The van der Waals surface area contributed by atoms with Crippen molar-refractivity contribution < 1.29 is 18.7 Å². The van der Waals surface area contributed by atoms with Crippen molar-refractivity contribution in [1.82, 2.24) is 15.0 Å². The number of rotatable bonds is 2. The van der Waals surface area contributed by atoms with Gasteiger partial charge in [-0.15, -0.1) is 0 Å². The number of imidazole rings is 1. The maximum absolute atomic E-state index is 13.9. The van der Waals surface area contributed by atoms with Crippen LogP contribution in [-0.4, -0.2) is 26.0 Å². The molecule has 5 nitrogen and oxygen atoms in total. The van der Waals surface area contributed by atoms with Crippen LogP contribution in [-0.2, 0) is 0 Å². The van der Waals surface area contributed by atoms with Gasteiger partial charge in [0.1, 0.15) is 17.5 Å². The van der Waals surface area contributed by atoms with Gasteiger partial charge in [0.15, 0.2) is 5.65 Å². The van der Waals surface area contributed by atoms with Gasteiger partial charge >= 0.3 is 5.97 Å². The number of benzene rings is 1. The Balaban J connectivity index is 2.20. The van der Waals surface area contributed by atoms with Gasteiger partial charge in [0.05, 0.1) is 16.6 Å². The molecule has 0 atom stereocenters. The van der Waals surface area contributed by atoms with E-state index in [1.807, 2.05) is 0 Å². The molecule has 0 saturated heterocycles. The Kier molecular flexibility index (Phi) is 3.17. The Hall–Kier alpha value is -2.35. The van der Waals surface area contributed by atoms with Crippen LogP contribution in [0, 0.1) is 11.6 Å². The first-order valence-electron chi connectivity index (χ1n) is 5.69. The zero-order chi connectivity index (χ0) is 15.1. The fraction of sp³-hybridized carbons (Fsp3) is 0. The Morgan fingerprint density at radius 1 is 1.24 bits per heavy atom. The molecular weight excluding hydrogens is 348 g/mol. The van der Waals surface area contributed by atoms with Gasteiger partial charge < -0.3 is 10.1 Å². The monoisotopic (exact) mass is 353 g/mol. The van der Waals surface area contributed by atoms with Gasteiger partial charge in [-0.1, -0.05) is 15.9 Å². The minimum Gasteiger partial charge on any atom is -0.478 e. The second-order valence-corrected chi connectivity index (χ2v) is 5.15. The highest BCUT2D eigenvalue weighted by Crippen LogP contribution is 2.28. The number of carbonyl (C=O) groups is 1. The van der Waals surface area contributed by atoms with Crippen molar-refractivity contribution in [3.63, 3.8) is 0 Å². The summed E-state index contributed by atoms with van der Waals surface area (Å²) in [5, 5.41) is 8.89. The topological polar surface area (TPSA) is 78.9 Å². The number of carboxylic acids is 1. The van der Waals surface area contributed by atoms with E-state index in [-0.39, 0.29) is 32.6 Å². The molecule has 0 amide bonds. The lowest BCUT2D eigenvalue weighted by molar-refractivity contribution is 0.0696. The Labute approximate surface area is 124 Å². The molecule has 0 radical (unpaired) electrons. The van der Waals surface area contributed by atoms with E-state index in [9.17, 15) is 13.6 Å². The number of carboxylic acid groups (broad SMARTS) is 1. The normalized spacial score (nSPS) is 11.0. The van der Waals surface area contributed by atoms with E-state index in [2.05, 4.69) is 30.9 Å². The number of aromatic carboxylic acids is 1. The first-order chi connectivity index (χ1) is 9.95. The third kappa shape index (κ3) is 2.38. The molecule has 0 unspecified atom stereocenters. The van der Waals surface area contributed by atoms with Gasteiger partial charge in [0.25, 0.3) is 0 Å². The molecule has 0 spiro atoms. The quantitative estimate of drug-likeness (QED) is 0.740. The standard InChI is InChI=1S/C13H6BrF2N3O2/c14-6-2-7(15)10(8(16)3-6)12-18-9-1-5(13(20)21)4-17-11(9)19-12/h1-4H,(H,20,21)(H,17,18,19). The number of halogens is 3. The van der Waals surface area contributed by atoms with Crippen molar-refractivity contribution in [3.05, 3.63) is 46.1 Å². The fourth-order valence-corrected chi connectivity index (χ4v) is 2.31. The molecule has 0 fully saturated rings. The van der Waals surface area contributed by atoms with E-state index in [0.717, 1.165) is 18.3 Å². The van der Waals surface area contributed by atoms with Crippen LogP contribution in [0.4, 0.5) is 8.78 Å². The largest absolute Gasteiger partial charge is 0.478 e. The van der Waals surface area contributed by atoms with E-state index < -0.39 is 17.6 Å². The molecule has 2 N–H and O–H groups in total. The average Bonchev–Trinajstić information content (AvgIpc) is 2.79. The molecule has 106 valence electrons. The third-order valence-corrected chi connectivity index (χ3v) is 3.29. The highest BCUT2D eigenvalue weighted by Gasteiger charge is 2.17. The molecule has 3 rings (SSSR count). The molecule has 0 aliphatic carbocycles. The fourth-order valence-electron chi connectivity index (χ4n) is 1.90. The number of aromatic amines is 1. The van der Waals surface area contributed by atoms with E-state index in [1.54, 1.807) is 0 Å². The lowest BCUT2D eigenvalue weighted by Gasteiger charge is -2.02. The molecule has 0 bridgehead atoms. The van der Waals surface area contributed by atoms with Gasteiger partial charge in [0, 0.05) is 10.7 Å². The number of nitrogens with zero attached hydrogens (tertiary/aromatic N) is 2. The highest BCUT2D eigenvalue weighted by molar-refractivity contribution is 9.10. The summed E-state index contributed by atoms with van der Waals surface area (Å²) in [4.78, 5) is 21.4. The van der Waals surface area contributed by atoms with E-state index in [4.69, 9.17) is 5.11 Å².